The highest BCUT2D eigenvalue weighted by atomic mass is 16.5. The lowest BCUT2D eigenvalue weighted by Crippen LogP contribution is -2.28. The minimum Gasteiger partial charge on any atom is -0.494 e. The van der Waals surface area contributed by atoms with Crippen LogP contribution in [0.15, 0.2) is 42.5 Å². The van der Waals surface area contributed by atoms with Gasteiger partial charge in [0.15, 0.2) is 0 Å². The van der Waals surface area contributed by atoms with E-state index in [0.29, 0.717) is 29.4 Å². The molecule has 0 aliphatic carbocycles. The van der Waals surface area contributed by atoms with Gasteiger partial charge in [-0.15, -0.1) is 0 Å². The third-order valence-corrected chi connectivity index (χ3v) is 3.38. The highest BCUT2D eigenvalue weighted by Gasteiger charge is 2.14. The molecular formula is C18H21N3O4. The van der Waals surface area contributed by atoms with E-state index in [1.807, 2.05) is 30.3 Å². The third kappa shape index (κ3) is 5.13. The predicted molar refractivity (Wildman–Crippen MR) is 96.2 cm³/mol. The highest BCUT2D eigenvalue weighted by Crippen LogP contribution is 2.36. The Morgan fingerprint density at radius 2 is 1.52 bits per heavy atom. The zero-order valence-corrected chi connectivity index (χ0v) is 14.4. The Morgan fingerprint density at radius 3 is 2.08 bits per heavy atom. The van der Waals surface area contributed by atoms with Crippen molar-refractivity contribution < 1.29 is 19.1 Å². The molecule has 2 aromatic carbocycles. The normalized spacial score (nSPS) is 9.88. The number of amides is 3. The second-order valence-electron chi connectivity index (χ2n) is 5.23. The lowest BCUT2D eigenvalue weighted by atomic mass is 10.2. The minimum absolute atomic E-state index is 0.247. The van der Waals surface area contributed by atoms with Gasteiger partial charge >= 0.3 is 6.03 Å². The van der Waals surface area contributed by atoms with Gasteiger partial charge in [-0.3, -0.25) is 4.79 Å². The van der Waals surface area contributed by atoms with Crippen molar-refractivity contribution in [3.05, 3.63) is 48.0 Å². The number of nitrogens with one attached hydrogen (secondary N) is 3. The number of hydrogen-bond donors (Lipinski definition) is 3. The molecule has 0 heterocycles. The molecule has 0 saturated carbocycles. The summed E-state index contributed by atoms with van der Waals surface area (Å²) >= 11 is 0. The molecule has 0 fully saturated rings. The standard InChI is InChI=1S/C18H21N3O4/c1-12(22)20-14-9-15(17(25-3)10-16(14)24-2)21-18(23)19-11-13-7-5-4-6-8-13/h4-10H,11H2,1-3H3,(H,20,22)(H2,19,21,23). The highest BCUT2D eigenvalue weighted by molar-refractivity contribution is 5.95. The molecule has 0 aromatic heterocycles. The van der Waals surface area contributed by atoms with Crippen LogP contribution in [0, 0.1) is 0 Å². The number of benzene rings is 2. The lowest BCUT2D eigenvalue weighted by molar-refractivity contribution is -0.114. The average Bonchev–Trinajstić information content (AvgIpc) is 2.60. The van der Waals surface area contributed by atoms with E-state index >= 15 is 0 Å². The Labute approximate surface area is 146 Å². The molecule has 7 heteroatoms. The number of hydrogen-bond acceptors (Lipinski definition) is 4. The molecule has 2 rings (SSSR count). The summed E-state index contributed by atoms with van der Waals surface area (Å²) in [5, 5.41) is 8.13. The quantitative estimate of drug-likeness (QED) is 0.752. The van der Waals surface area contributed by atoms with E-state index in [-0.39, 0.29) is 11.9 Å². The Morgan fingerprint density at radius 1 is 0.920 bits per heavy atom. The van der Waals surface area contributed by atoms with Gasteiger partial charge in [-0.1, -0.05) is 30.3 Å². The average molecular weight is 343 g/mol. The first-order chi connectivity index (χ1) is 12.0. The molecule has 0 unspecified atom stereocenters. The Balaban J connectivity index is 2.13. The topological polar surface area (TPSA) is 88.7 Å². The molecule has 0 aliphatic rings. The van der Waals surface area contributed by atoms with Gasteiger partial charge in [-0.25, -0.2) is 4.79 Å². The molecule has 25 heavy (non-hydrogen) atoms. The van der Waals surface area contributed by atoms with Gasteiger partial charge < -0.3 is 25.4 Å². The summed E-state index contributed by atoms with van der Waals surface area (Å²) in [5.74, 6) is 0.603. The Hall–Kier alpha value is -3.22. The van der Waals surface area contributed by atoms with Crippen LogP contribution in [-0.4, -0.2) is 26.2 Å². The monoisotopic (exact) mass is 343 g/mol. The summed E-state index contributed by atoms with van der Waals surface area (Å²) in [6, 6.07) is 12.4. The maximum absolute atomic E-state index is 12.1. The fraction of sp³-hybridized carbons (Fsp3) is 0.222. The van der Waals surface area contributed by atoms with Gasteiger partial charge in [0.1, 0.15) is 11.5 Å². The molecule has 0 atom stereocenters. The molecular weight excluding hydrogens is 322 g/mol. The fourth-order valence-electron chi connectivity index (χ4n) is 2.23. The molecule has 7 nitrogen and oxygen atoms in total. The van der Waals surface area contributed by atoms with Gasteiger partial charge in [0.25, 0.3) is 0 Å². The first-order valence-electron chi connectivity index (χ1n) is 7.66. The van der Waals surface area contributed by atoms with Gasteiger partial charge in [0, 0.05) is 19.5 Å². The lowest BCUT2D eigenvalue weighted by Gasteiger charge is -2.16. The van der Waals surface area contributed by atoms with E-state index in [1.54, 1.807) is 12.1 Å². The summed E-state index contributed by atoms with van der Waals surface area (Å²) < 4.78 is 10.5. The van der Waals surface area contributed by atoms with Crippen molar-refractivity contribution in [1.29, 1.82) is 0 Å². The number of methoxy groups -OCH3 is 2. The number of ether oxygens (including phenoxy) is 2. The SMILES string of the molecule is COc1cc(OC)c(NC(=O)NCc2ccccc2)cc1NC(C)=O. The van der Waals surface area contributed by atoms with Crippen LogP contribution in [0.4, 0.5) is 16.2 Å². The number of urea groups is 1. The summed E-state index contributed by atoms with van der Waals surface area (Å²) in [7, 11) is 2.97. The van der Waals surface area contributed by atoms with Crippen LogP contribution in [0.5, 0.6) is 11.5 Å². The number of anilines is 2. The van der Waals surface area contributed by atoms with Gasteiger partial charge in [0.05, 0.1) is 25.6 Å². The molecule has 2 aromatic rings. The van der Waals surface area contributed by atoms with Crippen molar-refractivity contribution in [2.45, 2.75) is 13.5 Å². The fourth-order valence-corrected chi connectivity index (χ4v) is 2.23. The smallest absolute Gasteiger partial charge is 0.319 e. The van der Waals surface area contributed by atoms with Crippen molar-refractivity contribution in [1.82, 2.24) is 5.32 Å². The zero-order valence-electron chi connectivity index (χ0n) is 14.4. The molecule has 0 spiro atoms. The summed E-state index contributed by atoms with van der Waals surface area (Å²) in [6.45, 7) is 1.78. The maximum atomic E-state index is 12.1. The molecule has 0 radical (unpaired) electrons. The second kappa shape index (κ2) is 8.58. The Bertz CT molecular complexity index is 747. The van der Waals surface area contributed by atoms with Crippen LogP contribution in [0.3, 0.4) is 0 Å². The number of carbonyl (C=O) groups excluding carboxylic acids is 2. The number of rotatable bonds is 6. The van der Waals surface area contributed by atoms with Crippen molar-refractivity contribution >= 4 is 23.3 Å². The van der Waals surface area contributed by atoms with E-state index in [2.05, 4.69) is 16.0 Å². The van der Waals surface area contributed by atoms with Gasteiger partial charge in [0.2, 0.25) is 5.91 Å². The Kier molecular flexibility index (Phi) is 6.22. The van der Waals surface area contributed by atoms with Crippen molar-refractivity contribution in [2.24, 2.45) is 0 Å². The molecule has 132 valence electrons. The van der Waals surface area contributed by atoms with E-state index in [0.717, 1.165) is 5.56 Å². The molecule has 3 amide bonds. The largest absolute Gasteiger partial charge is 0.494 e. The second-order valence-corrected chi connectivity index (χ2v) is 5.23. The van der Waals surface area contributed by atoms with Crippen LogP contribution < -0.4 is 25.4 Å². The molecule has 0 bridgehead atoms. The van der Waals surface area contributed by atoms with E-state index < -0.39 is 0 Å². The van der Waals surface area contributed by atoms with Crippen LogP contribution >= 0.6 is 0 Å². The first-order valence-corrected chi connectivity index (χ1v) is 7.66. The van der Waals surface area contributed by atoms with E-state index in [4.69, 9.17) is 9.47 Å². The van der Waals surface area contributed by atoms with Crippen LogP contribution in [-0.2, 0) is 11.3 Å². The van der Waals surface area contributed by atoms with Crippen LogP contribution in [0.25, 0.3) is 0 Å². The minimum atomic E-state index is -0.388. The van der Waals surface area contributed by atoms with Crippen molar-refractivity contribution in [2.75, 3.05) is 24.9 Å². The van der Waals surface area contributed by atoms with Crippen molar-refractivity contribution in [3.63, 3.8) is 0 Å². The summed E-state index contributed by atoms with van der Waals surface area (Å²) in [5.41, 5.74) is 1.84. The third-order valence-electron chi connectivity index (χ3n) is 3.38. The van der Waals surface area contributed by atoms with E-state index in [1.165, 1.54) is 21.1 Å². The van der Waals surface area contributed by atoms with Crippen LogP contribution in [0.1, 0.15) is 12.5 Å². The molecule has 0 saturated heterocycles. The predicted octanol–water partition coefficient (Wildman–Crippen LogP) is 2.98. The number of carbonyl (C=O) groups is 2. The summed E-state index contributed by atoms with van der Waals surface area (Å²) in [6.07, 6.45) is 0. The summed E-state index contributed by atoms with van der Waals surface area (Å²) in [4.78, 5) is 23.5. The maximum Gasteiger partial charge on any atom is 0.319 e. The first kappa shape index (κ1) is 18.1. The van der Waals surface area contributed by atoms with Gasteiger partial charge in [-0.2, -0.15) is 0 Å². The zero-order chi connectivity index (χ0) is 18.2. The van der Waals surface area contributed by atoms with E-state index in [9.17, 15) is 9.59 Å². The van der Waals surface area contributed by atoms with Crippen LogP contribution in [0.2, 0.25) is 0 Å². The molecule has 0 aliphatic heterocycles. The van der Waals surface area contributed by atoms with Gasteiger partial charge in [-0.05, 0) is 11.6 Å². The van der Waals surface area contributed by atoms with Crippen molar-refractivity contribution in [3.8, 4) is 11.5 Å². The molecule has 3 N–H and O–H groups in total.